The molecule has 0 spiro atoms. The molecule has 0 rings (SSSR count). The fraction of sp³-hybridized carbons (Fsp3) is 1.00. The van der Waals surface area contributed by atoms with Gasteiger partial charge >= 0.3 is 90.8 Å². The van der Waals surface area contributed by atoms with Crippen molar-refractivity contribution in [2.45, 2.75) is 62.6 Å². The van der Waals surface area contributed by atoms with E-state index in [4.69, 9.17) is 0 Å². The molecule has 0 aromatic carbocycles. The monoisotopic (exact) mass is 265 g/mol. The van der Waals surface area contributed by atoms with Crippen LogP contribution in [0.25, 0.3) is 0 Å². The van der Waals surface area contributed by atoms with Gasteiger partial charge in [-0.2, -0.15) is 0 Å². The molecule has 0 aliphatic rings. The van der Waals surface area contributed by atoms with E-state index in [0.29, 0.717) is 0 Å². The van der Waals surface area contributed by atoms with Gasteiger partial charge in [0.2, 0.25) is 0 Å². The van der Waals surface area contributed by atoms with Crippen molar-refractivity contribution in [2.24, 2.45) is 0 Å². The molecule has 80 valence electrons. The first-order chi connectivity index (χ1) is 6.13. The fourth-order valence-electron chi connectivity index (χ4n) is 1.77. The summed E-state index contributed by atoms with van der Waals surface area (Å²) in [6, 6.07) is 0. The first-order valence-corrected chi connectivity index (χ1v) is 12.6. The number of unbranched alkanes of at least 4 members (excludes halogenated alkanes) is 1. The summed E-state index contributed by atoms with van der Waals surface area (Å²) in [6.45, 7) is 12.0. The second-order valence-corrected chi connectivity index (χ2v) is 18.5. The molecule has 1 unspecified atom stereocenters. The molecule has 13 heavy (non-hydrogen) atoms. The van der Waals surface area contributed by atoms with Crippen molar-refractivity contribution < 1.29 is 0 Å². The Morgan fingerprint density at radius 1 is 1.15 bits per heavy atom. The van der Waals surface area contributed by atoms with Gasteiger partial charge in [0.05, 0.1) is 0 Å². The minimum atomic E-state index is -1.31. The second-order valence-electron chi connectivity index (χ2n) is 3.86. The van der Waals surface area contributed by atoms with Crippen LogP contribution in [0.4, 0.5) is 0 Å². The molecule has 2 heteroatoms. The van der Waals surface area contributed by atoms with E-state index in [0.717, 1.165) is 4.71 Å². The summed E-state index contributed by atoms with van der Waals surface area (Å²) in [7, 11) is 2.34. The zero-order valence-electron chi connectivity index (χ0n) is 9.97. The van der Waals surface area contributed by atoms with Gasteiger partial charge in [0.25, 0.3) is 0 Å². The van der Waals surface area contributed by atoms with Crippen molar-refractivity contribution >= 4 is 22.4 Å². The first-order valence-electron chi connectivity index (χ1n) is 5.64. The molecule has 0 aliphatic carbocycles. The van der Waals surface area contributed by atoms with Gasteiger partial charge in [-0.25, -0.2) is 0 Å². The Kier molecular flexibility index (Phi) is 7.74. The minimum absolute atomic E-state index is 0.986. The molecule has 0 nitrogen and oxygen atoms in total. The third-order valence-corrected chi connectivity index (χ3v) is 21.3. The average Bonchev–Trinajstić information content (AvgIpc) is 2.12. The van der Waals surface area contributed by atoms with E-state index in [1.807, 2.05) is 0 Å². The van der Waals surface area contributed by atoms with Crippen LogP contribution in [0.1, 0.15) is 47.5 Å². The zero-order chi connectivity index (χ0) is 10.3. The third-order valence-electron chi connectivity index (χ3n) is 2.75. The maximum absolute atomic E-state index is 2.45. The van der Waals surface area contributed by atoms with Crippen LogP contribution < -0.4 is 0 Å². The molecule has 0 saturated heterocycles. The number of rotatable bonds is 7. The van der Waals surface area contributed by atoms with Gasteiger partial charge in [0.15, 0.2) is 0 Å². The van der Waals surface area contributed by atoms with Crippen LogP contribution in [0.3, 0.4) is 0 Å². The molecule has 0 bridgehead atoms. The summed E-state index contributed by atoms with van der Waals surface area (Å²) in [5.41, 5.74) is 0. The number of hydrogen-bond acceptors (Lipinski definition) is 1. The van der Waals surface area contributed by atoms with E-state index in [9.17, 15) is 0 Å². The SMILES string of the molecule is CCCC[As+](CC)(SCC)C(C)C. The quantitative estimate of drug-likeness (QED) is 0.589. The summed E-state index contributed by atoms with van der Waals surface area (Å²) in [5, 5.41) is 3.07. The van der Waals surface area contributed by atoms with Gasteiger partial charge in [-0.15, -0.1) is 0 Å². The summed E-state index contributed by atoms with van der Waals surface area (Å²) in [6.07, 6.45) is 2.84. The molecule has 0 aromatic heterocycles. The van der Waals surface area contributed by atoms with E-state index >= 15 is 0 Å². The van der Waals surface area contributed by atoms with E-state index in [1.54, 1.807) is 5.21 Å². The molecule has 0 amide bonds. The Bertz CT molecular complexity index is 125. The van der Waals surface area contributed by atoms with E-state index in [2.05, 4.69) is 44.6 Å². The van der Waals surface area contributed by atoms with E-state index < -0.39 is 12.4 Å². The van der Waals surface area contributed by atoms with Crippen molar-refractivity contribution in [2.75, 3.05) is 5.75 Å². The summed E-state index contributed by atoms with van der Waals surface area (Å²) >= 11 is -1.31. The molecule has 0 radical (unpaired) electrons. The van der Waals surface area contributed by atoms with Crippen LogP contribution in [-0.2, 0) is 0 Å². The van der Waals surface area contributed by atoms with Gasteiger partial charge in [-0.1, -0.05) is 0 Å². The standard InChI is InChI=1S/C11H26AsS/c1-6-9-10-12(7-2,11(4)5)13-8-3/h11H,6-10H2,1-5H3/q+1. The van der Waals surface area contributed by atoms with Crippen LogP contribution in [0, 0.1) is 0 Å². The zero-order valence-corrected chi connectivity index (χ0v) is 12.7. The Balaban J connectivity index is 4.26. The van der Waals surface area contributed by atoms with Crippen molar-refractivity contribution in [3.8, 4) is 0 Å². The topological polar surface area (TPSA) is 0 Å². The summed E-state index contributed by atoms with van der Waals surface area (Å²) < 4.78 is 0.986. The van der Waals surface area contributed by atoms with Gasteiger partial charge in [0.1, 0.15) is 0 Å². The molecule has 0 aromatic rings. The van der Waals surface area contributed by atoms with Crippen LogP contribution in [0.5, 0.6) is 0 Å². The summed E-state index contributed by atoms with van der Waals surface area (Å²) in [5.74, 6) is 1.34. The molecule has 0 N–H and O–H groups in total. The molecule has 0 aliphatic heterocycles. The predicted molar refractivity (Wildman–Crippen MR) is 69.2 cm³/mol. The van der Waals surface area contributed by atoms with Crippen molar-refractivity contribution in [1.82, 2.24) is 0 Å². The third kappa shape index (κ3) is 4.30. The van der Waals surface area contributed by atoms with Crippen molar-refractivity contribution in [3.05, 3.63) is 0 Å². The molecular formula is C11H26AsS+. The van der Waals surface area contributed by atoms with Crippen LogP contribution in [0.15, 0.2) is 0 Å². The molecule has 0 saturated carbocycles. The van der Waals surface area contributed by atoms with Crippen LogP contribution in [0.2, 0.25) is 15.1 Å². The van der Waals surface area contributed by atoms with Gasteiger partial charge in [0, 0.05) is 0 Å². The van der Waals surface area contributed by atoms with E-state index in [-0.39, 0.29) is 0 Å². The Labute approximate surface area is 90.7 Å². The maximum atomic E-state index is 2.45. The summed E-state index contributed by atoms with van der Waals surface area (Å²) in [4.78, 5) is 0. The average molecular weight is 265 g/mol. The van der Waals surface area contributed by atoms with Gasteiger partial charge in [-0.05, 0) is 0 Å². The number of hydrogen-bond donors (Lipinski definition) is 0. The van der Waals surface area contributed by atoms with Crippen LogP contribution >= 0.6 is 10.0 Å². The first kappa shape index (κ1) is 13.9. The molecule has 0 heterocycles. The molecule has 1 atom stereocenters. The normalized spacial score (nSPS) is 16.2. The second kappa shape index (κ2) is 7.23. The molecule has 0 fully saturated rings. The van der Waals surface area contributed by atoms with Crippen LogP contribution in [-0.4, -0.2) is 18.1 Å². The predicted octanol–water partition coefficient (Wildman–Crippen LogP) is 4.92. The van der Waals surface area contributed by atoms with Crippen molar-refractivity contribution in [1.29, 1.82) is 0 Å². The Morgan fingerprint density at radius 2 is 1.77 bits per heavy atom. The van der Waals surface area contributed by atoms with E-state index in [1.165, 1.54) is 23.8 Å². The Morgan fingerprint density at radius 3 is 2.08 bits per heavy atom. The molecular weight excluding hydrogens is 239 g/mol. The van der Waals surface area contributed by atoms with Gasteiger partial charge < -0.3 is 0 Å². The van der Waals surface area contributed by atoms with Gasteiger partial charge in [-0.3, -0.25) is 0 Å². The fourth-order valence-corrected chi connectivity index (χ4v) is 15.7. The Hall–Kier alpha value is 0.908. The van der Waals surface area contributed by atoms with Crippen molar-refractivity contribution in [3.63, 3.8) is 0 Å².